The van der Waals surface area contributed by atoms with Gasteiger partial charge in [-0.3, -0.25) is 9.69 Å². The monoisotopic (exact) mass is 540 g/mol. The van der Waals surface area contributed by atoms with Gasteiger partial charge in [0.25, 0.3) is 5.56 Å². The zero-order valence-corrected chi connectivity index (χ0v) is 22.8. The Balaban J connectivity index is 1.48. The number of tetrazole rings is 1. The van der Waals surface area contributed by atoms with Crippen LogP contribution in [0.25, 0.3) is 10.9 Å². The summed E-state index contributed by atoms with van der Waals surface area (Å²) in [5.41, 5.74) is 3.41. The molecule has 3 aromatic carbocycles. The lowest BCUT2D eigenvalue weighted by atomic mass is 10.1. The summed E-state index contributed by atoms with van der Waals surface area (Å²) in [6.07, 6.45) is 1.54. The number of halogens is 1. The molecule has 5 aromatic rings. The van der Waals surface area contributed by atoms with E-state index < -0.39 is 0 Å². The highest BCUT2D eigenvalue weighted by Crippen LogP contribution is 2.26. The fourth-order valence-corrected chi connectivity index (χ4v) is 5.01. The molecule has 40 heavy (non-hydrogen) atoms. The van der Waals surface area contributed by atoms with Crippen molar-refractivity contribution >= 4 is 10.9 Å². The number of ether oxygens (including phenoxy) is 1. The third kappa shape index (κ3) is 6.43. The van der Waals surface area contributed by atoms with Gasteiger partial charge >= 0.3 is 0 Å². The Morgan fingerprint density at radius 3 is 2.55 bits per heavy atom. The van der Waals surface area contributed by atoms with Gasteiger partial charge in [-0.25, -0.2) is 9.07 Å². The lowest BCUT2D eigenvalue weighted by Crippen LogP contribution is -2.34. The van der Waals surface area contributed by atoms with E-state index in [1.807, 2.05) is 49.4 Å². The number of H-pyrrole nitrogens is 1. The van der Waals surface area contributed by atoms with Crippen LogP contribution in [-0.2, 0) is 19.5 Å². The van der Waals surface area contributed by atoms with E-state index >= 15 is 0 Å². The van der Waals surface area contributed by atoms with Crippen molar-refractivity contribution in [2.45, 2.75) is 45.8 Å². The summed E-state index contributed by atoms with van der Waals surface area (Å²) in [5, 5.41) is 13.5. The van der Waals surface area contributed by atoms with Gasteiger partial charge in [-0.1, -0.05) is 49.4 Å². The molecule has 8 nitrogen and oxygen atoms in total. The second-order valence-corrected chi connectivity index (χ2v) is 9.76. The Morgan fingerprint density at radius 2 is 1.80 bits per heavy atom. The van der Waals surface area contributed by atoms with E-state index in [2.05, 4.69) is 44.5 Å². The van der Waals surface area contributed by atoms with Crippen molar-refractivity contribution in [1.82, 2.24) is 30.1 Å². The van der Waals surface area contributed by atoms with E-state index in [1.165, 1.54) is 17.7 Å². The predicted octanol–water partition coefficient (Wildman–Crippen LogP) is 5.30. The molecule has 0 spiro atoms. The first-order valence-corrected chi connectivity index (χ1v) is 13.6. The number of benzene rings is 3. The van der Waals surface area contributed by atoms with E-state index in [4.69, 9.17) is 4.74 Å². The van der Waals surface area contributed by atoms with E-state index in [9.17, 15) is 9.18 Å². The quantitative estimate of drug-likeness (QED) is 0.231. The molecular formula is C31H33FN6O2. The number of nitrogens with zero attached hydrogens (tertiary/aromatic N) is 5. The Bertz CT molecular complexity index is 1600. The van der Waals surface area contributed by atoms with Gasteiger partial charge in [-0.2, -0.15) is 0 Å². The molecule has 9 heteroatoms. The van der Waals surface area contributed by atoms with Gasteiger partial charge in [0.15, 0.2) is 5.82 Å². The zero-order valence-electron chi connectivity index (χ0n) is 22.8. The molecule has 1 N–H and O–H groups in total. The van der Waals surface area contributed by atoms with Gasteiger partial charge in [-0.15, -0.1) is 5.10 Å². The number of hydrogen-bond donors (Lipinski definition) is 1. The first kappa shape index (κ1) is 27.2. The van der Waals surface area contributed by atoms with Crippen LogP contribution in [0.1, 0.15) is 48.8 Å². The Hall–Kier alpha value is -4.37. The van der Waals surface area contributed by atoms with Gasteiger partial charge < -0.3 is 9.72 Å². The highest BCUT2D eigenvalue weighted by atomic mass is 19.1. The molecule has 5 rings (SSSR count). The minimum Gasteiger partial charge on any atom is -0.494 e. The molecule has 0 aliphatic carbocycles. The van der Waals surface area contributed by atoms with E-state index in [0.717, 1.165) is 35.1 Å². The van der Waals surface area contributed by atoms with Crippen LogP contribution in [0.4, 0.5) is 4.39 Å². The molecule has 1 unspecified atom stereocenters. The van der Waals surface area contributed by atoms with Gasteiger partial charge in [0.2, 0.25) is 0 Å². The summed E-state index contributed by atoms with van der Waals surface area (Å²) >= 11 is 0. The number of nitrogens with one attached hydrogen (secondary N) is 1. The maximum absolute atomic E-state index is 13.5. The van der Waals surface area contributed by atoms with Crippen molar-refractivity contribution in [1.29, 1.82) is 0 Å². The minimum absolute atomic E-state index is 0.123. The highest BCUT2D eigenvalue weighted by Gasteiger charge is 2.26. The van der Waals surface area contributed by atoms with Crippen molar-refractivity contribution in [3.05, 3.63) is 118 Å². The maximum Gasteiger partial charge on any atom is 0.252 e. The summed E-state index contributed by atoms with van der Waals surface area (Å²) in [7, 11) is 0. The standard InChI is InChI=1S/C31H33FN6O2/c1-3-29(30-34-35-36-38(30)20-23-10-12-26(32)13-11-23)37(17-16-22-8-6-5-7-9-22)21-25-18-24-19-27(40-4-2)14-15-28(24)33-31(25)39/h5-15,18-19,29H,3-4,16-17,20-21H2,1-2H3,(H,33,39). The van der Waals surface area contributed by atoms with Crippen molar-refractivity contribution in [3.8, 4) is 5.75 Å². The Labute approximate surface area is 232 Å². The van der Waals surface area contributed by atoms with Crippen LogP contribution in [0.3, 0.4) is 0 Å². The topological polar surface area (TPSA) is 88.9 Å². The number of aromatic nitrogens is 5. The first-order valence-electron chi connectivity index (χ1n) is 13.6. The smallest absolute Gasteiger partial charge is 0.252 e. The van der Waals surface area contributed by atoms with Crippen molar-refractivity contribution in [2.24, 2.45) is 0 Å². The van der Waals surface area contributed by atoms with Gasteiger partial charge in [0, 0.05) is 29.6 Å². The molecule has 0 bridgehead atoms. The first-order chi connectivity index (χ1) is 19.5. The van der Waals surface area contributed by atoms with Crippen molar-refractivity contribution in [2.75, 3.05) is 13.2 Å². The molecule has 0 amide bonds. The number of aromatic amines is 1. The van der Waals surface area contributed by atoms with Crippen LogP contribution >= 0.6 is 0 Å². The lowest BCUT2D eigenvalue weighted by molar-refractivity contribution is 0.172. The summed E-state index contributed by atoms with van der Waals surface area (Å²) in [6, 6.07) is 24.1. The number of rotatable bonds is 12. The SMILES string of the molecule is CCOc1ccc2[nH]c(=O)c(CN(CCc3ccccc3)C(CC)c3nnnn3Cc3ccc(F)cc3)cc2c1. The lowest BCUT2D eigenvalue weighted by Gasteiger charge is -2.30. The third-order valence-corrected chi connectivity index (χ3v) is 7.04. The molecule has 0 saturated carbocycles. The number of pyridine rings is 1. The Morgan fingerprint density at radius 1 is 1.00 bits per heavy atom. The molecule has 0 fully saturated rings. The van der Waals surface area contributed by atoms with Gasteiger partial charge in [0.1, 0.15) is 11.6 Å². The van der Waals surface area contributed by atoms with Gasteiger partial charge in [0.05, 0.1) is 19.2 Å². The maximum atomic E-state index is 13.5. The fourth-order valence-electron chi connectivity index (χ4n) is 5.01. The zero-order chi connectivity index (χ0) is 27.9. The number of fused-ring (bicyclic) bond motifs is 1. The van der Waals surface area contributed by atoms with Crippen LogP contribution in [-0.4, -0.2) is 43.2 Å². The summed E-state index contributed by atoms with van der Waals surface area (Å²) < 4.78 is 20.9. The summed E-state index contributed by atoms with van der Waals surface area (Å²) in [4.78, 5) is 18.5. The highest BCUT2D eigenvalue weighted by molar-refractivity contribution is 5.80. The summed E-state index contributed by atoms with van der Waals surface area (Å²) in [5.74, 6) is 1.18. The molecule has 0 aliphatic rings. The Kier molecular flexibility index (Phi) is 8.61. The van der Waals surface area contributed by atoms with Crippen LogP contribution < -0.4 is 10.3 Å². The molecule has 0 saturated heterocycles. The van der Waals surface area contributed by atoms with Gasteiger partial charge in [-0.05, 0) is 77.7 Å². The molecule has 1 atom stereocenters. The molecule has 2 heterocycles. The van der Waals surface area contributed by atoms with Crippen LogP contribution in [0, 0.1) is 5.82 Å². The second-order valence-electron chi connectivity index (χ2n) is 9.76. The second kappa shape index (κ2) is 12.7. The minimum atomic E-state index is -0.284. The van der Waals surface area contributed by atoms with E-state index in [1.54, 1.807) is 16.8 Å². The third-order valence-electron chi connectivity index (χ3n) is 7.04. The predicted molar refractivity (Wildman–Crippen MR) is 153 cm³/mol. The molecule has 0 radical (unpaired) electrons. The van der Waals surface area contributed by atoms with Crippen LogP contribution in [0.2, 0.25) is 0 Å². The molecular weight excluding hydrogens is 507 g/mol. The average molecular weight is 541 g/mol. The van der Waals surface area contributed by atoms with E-state index in [-0.39, 0.29) is 17.4 Å². The van der Waals surface area contributed by atoms with Crippen molar-refractivity contribution < 1.29 is 9.13 Å². The largest absolute Gasteiger partial charge is 0.494 e. The van der Waals surface area contributed by atoms with Crippen LogP contribution in [0.5, 0.6) is 5.75 Å². The summed E-state index contributed by atoms with van der Waals surface area (Å²) in [6.45, 7) is 6.14. The normalized spacial score (nSPS) is 12.2. The van der Waals surface area contributed by atoms with Crippen LogP contribution in [0.15, 0.2) is 83.7 Å². The molecule has 2 aromatic heterocycles. The molecule has 206 valence electrons. The van der Waals surface area contributed by atoms with E-state index in [0.29, 0.717) is 37.6 Å². The number of hydrogen-bond acceptors (Lipinski definition) is 6. The average Bonchev–Trinajstić information content (AvgIpc) is 3.42. The molecule has 0 aliphatic heterocycles. The van der Waals surface area contributed by atoms with Crippen molar-refractivity contribution in [3.63, 3.8) is 0 Å². The fraction of sp³-hybridized carbons (Fsp3) is 0.290.